The third-order valence-corrected chi connectivity index (χ3v) is 4.83. The lowest BCUT2D eigenvalue weighted by atomic mass is 10.1. The van der Waals surface area contributed by atoms with Crippen molar-refractivity contribution in [3.8, 4) is 0 Å². The summed E-state index contributed by atoms with van der Waals surface area (Å²) in [5.41, 5.74) is 2.60. The van der Waals surface area contributed by atoms with Crippen molar-refractivity contribution >= 4 is 28.3 Å². The molecule has 1 saturated heterocycles. The van der Waals surface area contributed by atoms with Crippen LogP contribution in [0.2, 0.25) is 0 Å². The fourth-order valence-electron chi connectivity index (χ4n) is 2.74. The van der Waals surface area contributed by atoms with Crippen molar-refractivity contribution in [1.29, 1.82) is 0 Å². The van der Waals surface area contributed by atoms with E-state index in [0.29, 0.717) is 17.4 Å². The zero-order chi connectivity index (χ0) is 18.4. The molecule has 1 aliphatic rings. The van der Waals surface area contributed by atoms with E-state index in [1.807, 2.05) is 18.2 Å². The minimum Gasteiger partial charge on any atom is -0.379 e. The maximum Gasteiger partial charge on any atom is 0.271 e. The number of rotatable bonds is 6. The predicted octanol–water partition coefficient (Wildman–Crippen LogP) is 1.86. The van der Waals surface area contributed by atoms with Crippen molar-refractivity contribution in [2.75, 3.05) is 31.6 Å². The minimum atomic E-state index is -0.251. The van der Waals surface area contributed by atoms with E-state index in [-0.39, 0.29) is 11.8 Å². The molecule has 0 bridgehead atoms. The number of aromatic nitrogens is 1. The molecular formula is C18H22N4O3S. The van der Waals surface area contributed by atoms with Gasteiger partial charge in [0.05, 0.1) is 13.2 Å². The van der Waals surface area contributed by atoms with Gasteiger partial charge in [-0.25, -0.2) is 4.98 Å². The van der Waals surface area contributed by atoms with Gasteiger partial charge in [-0.2, -0.15) is 0 Å². The lowest BCUT2D eigenvalue weighted by Gasteiger charge is -2.27. The van der Waals surface area contributed by atoms with Crippen LogP contribution in [0, 0.1) is 0 Å². The van der Waals surface area contributed by atoms with Crippen molar-refractivity contribution in [2.45, 2.75) is 20.0 Å². The number of carbonyl (C=O) groups is 2. The van der Waals surface area contributed by atoms with Crippen LogP contribution >= 0.6 is 11.3 Å². The van der Waals surface area contributed by atoms with Crippen LogP contribution in [-0.4, -0.2) is 48.0 Å². The summed E-state index contributed by atoms with van der Waals surface area (Å²) in [5, 5.41) is 7.56. The molecule has 1 aliphatic heterocycles. The molecule has 0 spiro atoms. The normalized spacial score (nSPS) is 14.8. The van der Waals surface area contributed by atoms with Crippen LogP contribution in [0.3, 0.4) is 0 Å². The number of benzene rings is 1. The first-order valence-corrected chi connectivity index (χ1v) is 9.38. The maximum absolute atomic E-state index is 12.3. The topological polar surface area (TPSA) is 83.6 Å². The van der Waals surface area contributed by atoms with Crippen molar-refractivity contribution in [2.24, 2.45) is 0 Å². The third kappa shape index (κ3) is 5.10. The summed E-state index contributed by atoms with van der Waals surface area (Å²) in [6.45, 7) is 6.06. The average molecular weight is 374 g/mol. The van der Waals surface area contributed by atoms with Gasteiger partial charge in [-0.1, -0.05) is 24.3 Å². The summed E-state index contributed by atoms with van der Waals surface area (Å²) in [6.07, 6.45) is 0. The second kappa shape index (κ2) is 8.88. The van der Waals surface area contributed by atoms with E-state index in [9.17, 15) is 9.59 Å². The molecule has 3 rings (SSSR count). The molecule has 0 unspecified atom stereocenters. The summed E-state index contributed by atoms with van der Waals surface area (Å²) in [7, 11) is 0. The highest BCUT2D eigenvalue weighted by Crippen LogP contribution is 2.16. The van der Waals surface area contributed by atoms with E-state index < -0.39 is 0 Å². The first-order chi connectivity index (χ1) is 12.6. The number of morpholine rings is 1. The standard InChI is InChI=1S/C18H22N4O3S/c1-13(23)20-18-21-16(12-26-18)17(24)19-10-14-4-2-3-5-15(14)11-22-6-8-25-9-7-22/h2-5,12H,6-11H2,1H3,(H,19,24)(H,20,21,23). The Morgan fingerprint density at radius 2 is 1.96 bits per heavy atom. The van der Waals surface area contributed by atoms with E-state index in [4.69, 9.17) is 4.74 Å². The van der Waals surface area contributed by atoms with Crippen molar-refractivity contribution in [3.63, 3.8) is 0 Å². The highest BCUT2D eigenvalue weighted by molar-refractivity contribution is 7.14. The Morgan fingerprint density at radius 3 is 2.69 bits per heavy atom. The molecule has 138 valence electrons. The first-order valence-electron chi connectivity index (χ1n) is 8.50. The van der Waals surface area contributed by atoms with Crippen molar-refractivity contribution in [1.82, 2.24) is 15.2 Å². The molecule has 2 aromatic rings. The van der Waals surface area contributed by atoms with Crippen LogP contribution in [0.1, 0.15) is 28.5 Å². The molecule has 2 amide bonds. The number of ether oxygens (including phenoxy) is 1. The summed E-state index contributed by atoms with van der Waals surface area (Å²) >= 11 is 1.23. The van der Waals surface area contributed by atoms with Gasteiger partial charge < -0.3 is 15.4 Å². The fourth-order valence-corrected chi connectivity index (χ4v) is 3.47. The Hall–Kier alpha value is -2.29. The molecule has 1 fully saturated rings. The number of nitrogens with one attached hydrogen (secondary N) is 2. The van der Waals surface area contributed by atoms with Crippen LogP contribution in [0.15, 0.2) is 29.6 Å². The molecule has 0 radical (unpaired) electrons. The van der Waals surface area contributed by atoms with Gasteiger partial charge in [0, 0.05) is 38.5 Å². The lowest BCUT2D eigenvalue weighted by molar-refractivity contribution is -0.114. The van der Waals surface area contributed by atoms with Crippen LogP contribution in [0.25, 0.3) is 0 Å². The van der Waals surface area contributed by atoms with E-state index in [1.165, 1.54) is 23.8 Å². The van der Waals surface area contributed by atoms with E-state index in [1.54, 1.807) is 5.38 Å². The first kappa shape index (κ1) is 18.5. The lowest BCUT2D eigenvalue weighted by Crippen LogP contribution is -2.36. The van der Waals surface area contributed by atoms with Crippen LogP contribution in [0.4, 0.5) is 5.13 Å². The predicted molar refractivity (Wildman–Crippen MR) is 100 cm³/mol. The van der Waals surface area contributed by atoms with Crippen LogP contribution in [-0.2, 0) is 22.6 Å². The van der Waals surface area contributed by atoms with E-state index in [0.717, 1.165) is 38.4 Å². The van der Waals surface area contributed by atoms with Gasteiger partial charge in [0.15, 0.2) is 5.13 Å². The van der Waals surface area contributed by atoms with Gasteiger partial charge in [0.1, 0.15) is 5.69 Å². The Morgan fingerprint density at radius 1 is 1.23 bits per heavy atom. The summed E-state index contributed by atoms with van der Waals surface area (Å²) in [4.78, 5) is 29.8. The quantitative estimate of drug-likeness (QED) is 0.806. The second-order valence-corrected chi connectivity index (χ2v) is 6.92. The molecule has 7 nitrogen and oxygen atoms in total. The third-order valence-electron chi connectivity index (χ3n) is 4.08. The smallest absolute Gasteiger partial charge is 0.271 e. The number of thiazole rings is 1. The summed E-state index contributed by atoms with van der Waals surface area (Å²) in [6, 6.07) is 8.11. The van der Waals surface area contributed by atoms with Gasteiger partial charge in [0.25, 0.3) is 5.91 Å². The van der Waals surface area contributed by atoms with Crippen LogP contribution in [0.5, 0.6) is 0 Å². The molecule has 0 aliphatic carbocycles. The molecule has 8 heteroatoms. The fraction of sp³-hybridized carbons (Fsp3) is 0.389. The Balaban J connectivity index is 1.59. The highest BCUT2D eigenvalue weighted by atomic mass is 32.1. The molecule has 26 heavy (non-hydrogen) atoms. The Kier molecular flexibility index (Phi) is 6.32. The molecule has 2 heterocycles. The highest BCUT2D eigenvalue weighted by Gasteiger charge is 2.14. The number of anilines is 1. The number of hydrogen-bond acceptors (Lipinski definition) is 6. The zero-order valence-corrected chi connectivity index (χ0v) is 15.5. The molecule has 1 aromatic heterocycles. The van der Waals surface area contributed by atoms with Gasteiger partial charge >= 0.3 is 0 Å². The number of nitrogens with zero attached hydrogens (tertiary/aromatic N) is 2. The largest absolute Gasteiger partial charge is 0.379 e. The molecule has 0 atom stereocenters. The zero-order valence-electron chi connectivity index (χ0n) is 14.7. The SMILES string of the molecule is CC(=O)Nc1nc(C(=O)NCc2ccccc2CN2CCOCC2)cs1. The molecule has 1 aromatic carbocycles. The van der Waals surface area contributed by atoms with Gasteiger partial charge in [0.2, 0.25) is 5.91 Å². The van der Waals surface area contributed by atoms with Crippen LogP contribution < -0.4 is 10.6 Å². The Bertz CT molecular complexity index is 771. The van der Waals surface area contributed by atoms with E-state index >= 15 is 0 Å². The van der Waals surface area contributed by atoms with Crippen molar-refractivity contribution < 1.29 is 14.3 Å². The summed E-state index contributed by atoms with van der Waals surface area (Å²) in [5.74, 6) is -0.456. The van der Waals surface area contributed by atoms with E-state index in [2.05, 4.69) is 26.6 Å². The minimum absolute atomic E-state index is 0.205. The maximum atomic E-state index is 12.3. The monoisotopic (exact) mass is 374 g/mol. The number of amides is 2. The van der Waals surface area contributed by atoms with Gasteiger partial charge in [-0.05, 0) is 11.1 Å². The van der Waals surface area contributed by atoms with Gasteiger partial charge in [-0.15, -0.1) is 11.3 Å². The molecule has 2 N–H and O–H groups in total. The average Bonchev–Trinajstić information content (AvgIpc) is 3.09. The number of hydrogen-bond donors (Lipinski definition) is 2. The van der Waals surface area contributed by atoms with Crippen molar-refractivity contribution in [3.05, 3.63) is 46.5 Å². The summed E-state index contributed by atoms with van der Waals surface area (Å²) < 4.78 is 5.39. The number of carbonyl (C=O) groups excluding carboxylic acids is 2. The molecule has 0 saturated carbocycles. The van der Waals surface area contributed by atoms with Gasteiger partial charge in [-0.3, -0.25) is 14.5 Å². The molecular weight excluding hydrogens is 352 g/mol. The second-order valence-electron chi connectivity index (χ2n) is 6.06. The Labute approximate surface area is 156 Å².